The predicted molar refractivity (Wildman–Crippen MR) is 172 cm³/mol. The van der Waals surface area contributed by atoms with Gasteiger partial charge in [0.25, 0.3) is 11.5 Å². The monoisotopic (exact) mass is 695 g/mol. The van der Waals surface area contributed by atoms with E-state index in [1.165, 1.54) is 22.8 Å². The van der Waals surface area contributed by atoms with Crippen LogP contribution in [0.3, 0.4) is 0 Å². The second kappa shape index (κ2) is 12.5. The normalized spacial score (nSPS) is 17.2. The van der Waals surface area contributed by atoms with Crippen molar-refractivity contribution >= 4 is 46.5 Å². The molecule has 2 N–H and O–H groups in total. The van der Waals surface area contributed by atoms with Crippen molar-refractivity contribution in [1.82, 2.24) is 29.0 Å². The zero-order chi connectivity index (χ0) is 34.5. The number of nitrogens with one attached hydrogen (secondary N) is 1. The minimum atomic E-state index is -4.61. The Morgan fingerprint density at radius 2 is 1.96 bits per heavy atom. The largest absolute Gasteiger partial charge is 0.505 e. The zero-order valence-corrected chi connectivity index (χ0v) is 26.6. The standard InChI is InChI=1S/C33H29ClF3N7O5/c34-21-17-20(33(35,36)37)5-6-22(21)39-25(46)18-43-23-3-1-9-32(10-13-42(14-11-32)30(48)27-24(45)4-2-12-38-27)26(23)29(47)44-31(43)40-28(41-44)19-7-15-49-16-8-19/h1-7,12,17,45H,8-11,13-16,18H2,(H,39,46). The minimum Gasteiger partial charge on any atom is -0.505 e. The Bertz CT molecular complexity index is 2120. The number of piperidine rings is 1. The van der Waals surface area contributed by atoms with Gasteiger partial charge in [0.1, 0.15) is 12.3 Å². The predicted octanol–water partition coefficient (Wildman–Crippen LogP) is 4.70. The van der Waals surface area contributed by atoms with Gasteiger partial charge < -0.3 is 24.6 Å². The molecule has 4 aromatic rings. The van der Waals surface area contributed by atoms with Gasteiger partial charge in [-0.05, 0) is 67.7 Å². The number of carbonyl (C=O) groups is 2. The van der Waals surface area contributed by atoms with Crippen LogP contribution in [-0.4, -0.2) is 72.3 Å². The van der Waals surface area contributed by atoms with Crippen molar-refractivity contribution in [3.8, 4) is 5.75 Å². The van der Waals surface area contributed by atoms with Crippen LogP contribution in [0.25, 0.3) is 17.4 Å². The third-order valence-electron chi connectivity index (χ3n) is 9.22. The molecule has 254 valence electrons. The number of alkyl halides is 3. The number of ether oxygens (including phenoxy) is 1. The van der Waals surface area contributed by atoms with Crippen molar-refractivity contribution in [2.45, 2.75) is 43.8 Å². The third-order valence-corrected chi connectivity index (χ3v) is 9.53. The number of hydrogen-bond acceptors (Lipinski definition) is 8. The summed E-state index contributed by atoms with van der Waals surface area (Å²) in [4.78, 5) is 51.4. The average molecular weight is 696 g/mol. The van der Waals surface area contributed by atoms with Crippen LogP contribution in [0.15, 0.2) is 53.5 Å². The molecule has 0 radical (unpaired) electrons. The maximum absolute atomic E-state index is 14.3. The molecule has 16 heteroatoms. The van der Waals surface area contributed by atoms with Gasteiger partial charge in [0.15, 0.2) is 11.5 Å². The highest BCUT2D eigenvalue weighted by Gasteiger charge is 2.43. The number of anilines is 1. The Labute approximate surface area is 281 Å². The lowest BCUT2D eigenvalue weighted by Crippen LogP contribution is -2.49. The number of aromatic nitrogens is 5. The summed E-state index contributed by atoms with van der Waals surface area (Å²) in [5.74, 6) is -0.831. The van der Waals surface area contributed by atoms with E-state index in [2.05, 4.69) is 20.4 Å². The number of nitrogens with zero attached hydrogens (tertiary/aromatic N) is 6. The maximum atomic E-state index is 14.3. The van der Waals surface area contributed by atoms with Gasteiger partial charge in [0.2, 0.25) is 11.7 Å². The van der Waals surface area contributed by atoms with Crippen molar-refractivity contribution in [2.24, 2.45) is 0 Å². The maximum Gasteiger partial charge on any atom is 0.416 e. The van der Waals surface area contributed by atoms with Gasteiger partial charge in [-0.2, -0.15) is 22.7 Å². The molecule has 0 unspecified atom stereocenters. The lowest BCUT2D eigenvalue weighted by Gasteiger charge is -2.43. The van der Waals surface area contributed by atoms with Crippen molar-refractivity contribution in [1.29, 1.82) is 0 Å². The summed E-state index contributed by atoms with van der Waals surface area (Å²) >= 11 is 6.12. The van der Waals surface area contributed by atoms with Crippen LogP contribution in [0.2, 0.25) is 5.02 Å². The number of benzene rings is 1. The molecule has 2 amide bonds. The molecule has 1 aromatic carbocycles. The molecule has 12 nitrogen and oxygen atoms in total. The van der Waals surface area contributed by atoms with E-state index in [-0.39, 0.29) is 47.6 Å². The lowest BCUT2D eigenvalue weighted by atomic mass is 9.68. The second-order valence-corrected chi connectivity index (χ2v) is 12.6. The molecule has 7 rings (SSSR count). The Balaban J connectivity index is 1.26. The number of allylic oxidation sites excluding steroid dienone is 1. The van der Waals surface area contributed by atoms with Crippen molar-refractivity contribution < 1.29 is 32.6 Å². The first-order valence-corrected chi connectivity index (χ1v) is 15.9. The van der Waals surface area contributed by atoms with Gasteiger partial charge in [0.05, 0.1) is 35.2 Å². The van der Waals surface area contributed by atoms with E-state index >= 15 is 0 Å². The first-order valence-electron chi connectivity index (χ1n) is 15.5. The van der Waals surface area contributed by atoms with Gasteiger partial charge >= 0.3 is 6.18 Å². The van der Waals surface area contributed by atoms with Crippen molar-refractivity contribution in [2.75, 3.05) is 31.6 Å². The van der Waals surface area contributed by atoms with Crippen molar-refractivity contribution in [3.05, 3.63) is 92.4 Å². The molecule has 1 fully saturated rings. The summed E-state index contributed by atoms with van der Waals surface area (Å²) in [5.41, 5.74) is -0.471. The Hall–Kier alpha value is -5.02. The summed E-state index contributed by atoms with van der Waals surface area (Å²) in [6.45, 7) is 1.01. The van der Waals surface area contributed by atoms with Gasteiger partial charge in [-0.15, -0.1) is 5.10 Å². The summed E-state index contributed by atoms with van der Waals surface area (Å²) in [6.07, 6.45) is 4.16. The highest BCUT2D eigenvalue weighted by Crippen LogP contribution is 2.43. The molecule has 0 atom stereocenters. The van der Waals surface area contributed by atoms with E-state index in [1.54, 1.807) is 15.5 Å². The fourth-order valence-corrected chi connectivity index (χ4v) is 6.92. The number of likely N-dealkylation sites (tertiary alicyclic amines) is 1. The molecule has 5 heterocycles. The van der Waals surface area contributed by atoms with E-state index in [1.807, 2.05) is 12.2 Å². The highest BCUT2D eigenvalue weighted by atomic mass is 35.5. The lowest BCUT2D eigenvalue weighted by molar-refractivity contribution is -0.137. The van der Waals surface area contributed by atoms with Crippen LogP contribution in [-0.2, 0) is 27.7 Å². The third kappa shape index (κ3) is 5.97. The van der Waals surface area contributed by atoms with Crippen LogP contribution < -0.4 is 10.9 Å². The summed E-state index contributed by atoms with van der Waals surface area (Å²) in [5, 5.41) is 17.1. The topological polar surface area (TPSA) is 144 Å². The van der Waals surface area contributed by atoms with Gasteiger partial charge in [-0.25, -0.2) is 4.98 Å². The molecule has 1 spiro atoms. The van der Waals surface area contributed by atoms with E-state index in [0.29, 0.717) is 56.0 Å². The summed E-state index contributed by atoms with van der Waals surface area (Å²) in [6, 6.07) is 5.57. The first kappa shape index (κ1) is 32.5. The molecule has 0 bridgehead atoms. The number of amides is 2. The van der Waals surface area contributed by atoms with E-state index < -0.39 is 34.5 Å². The number of hydrogen-bond donors (Lipinski definition) is 2. The molecular formula is C33H29ClF3N7O5. The molecular weight excluding hydrogens is 667 g/mol. The quantitative estimate of drug-likeness (QED) is 0.306. The molecule has 49 heavy (non-hydrogen) atoms. The summed E-state index contributed by atoms with van der Waals surface area (Å²) < 4.78 is 47.8. The van der Waals surface area contributed by atoms with Gasteiger partial charge in [-0.3, -0.25) is 14.4 Å². The van der Waals surface area contributed by atoms with E-state index in [9.17, 15) is 32.7 Å². The van der Waals surface area contributed by atoms with Crippen LogP contribution >= 0.6 is 11.6 Å². The van der Waals surface area contributed by atoms with E-state index in [4.69, 9.17) is 16.3 Å². The second-order valence-electron chi connectivity index (χ2n) is 12.1. The van der Waals surface area contributed by atoms with Gasteiger partial charge in [-0.1, -0.05) is 23.8 Å². The smallest absolute Gasteiger partial charge is 0.416 e. The van der Waals surface area contributed by atoms with Crippen molar-refractivity contribution in [3.63, 3.8) is 0 Å². The van der Waals surface area contributed by atoms with Crippen LogP contribution in [0.1, 0.15) is 58.8 Å². The van der Waals surface area contributed by atoms with Crippen LogP contribution in [0, 0.1) is 0 Å². The molecule has 1 saturated heterocycles. The highest BCUT2D eigenvalue weighted by molar-refractivity contribution is 6.33. The first-order chi connectivity index (χ1) is 23.4. The molecule has 3 aromatic heterocycles. The van der Waals surface area contributed by atoms with Crippen LogP contribution in [0.4, 0.5) is 18.9 Å². The van der Waals surface area contributed by atoms with E-state index in [0.717, 1.165) is 23.8 Å². The minimum absolute atomic E-state index is 0.0110. The Morgan fingerprint density at radius 1 is 1.16 bits per heavy atom. The SMILES string of the molecule is O=C(Cn1c2c(c(=O)n3nc(C4=CCOCC4)nc13)C1(CC=C2)CCN(C(=O)c2ncccc2O)CC1)Nc1ccc(C(F)(F)F)cc1Cl. The molecule has 1 aliphatic carbocycles. The average Bonchev–Trinajstić information content (AvgIpc) is 3.54. The molecule has 0 saturated carbocycles. The number of fused-ring (bicyclic) bond motifs is 3. The number of carbonyl (C=O) groups excluding carboxylic acids is 2. The number of aromatic hydroxyl groups is 1. The fraction of sp³-hybridized carbons (Fsp3) is 0.333. The Kier molecular flexibility index (Phi) is 8.27. The number of rotatable bonds is 5. The van der Waals surface area contributed by atoms with Gasteiger partial charge in [0, 0.05) is 30.3 Å². The molecule has 3 aliphatic rings. The Morgan fingerprint density at radius 3 is 2.65 bits per heavy atom. The zero-order valence-electron chi connectivity index (χ0n) is 25.8. The molecule has 2 aliphatic heterocycles. The fourth-order valence-electron chi connectivity index (χ4n) is 6.69. The number of halogens is 4. The summed E-state index contributed by atoms with van der Waals surface area (Å²) in [7, 11) is 0. The van der Waals surface area contributed by atoms with Crippen LogP contribution in [0.5, 0.6) is 5.75 Å². The number of pyridine rings is 1.